The molecule has 2 aromatic rings. The van der Waals surface area contributed by atoms with Gasteiger partial charge < -0.3 is 10.2 Å². The number of amides is 2. The monoisotopic (exact) mass is 515 g/mol. The number of aryl methyl sites for hydroxylation is 3. The molecule has 7 nitrogen and oxygen atoms in total. The molecule has 0 heterocycles. The fourth-order valence-corrected chi connectivity index (χ4v) is 4.93. The highest BCUT2D eigenvalue weighted by Gasteiger charge is 2.27. The van der Waals surface area contributed by atoms with Crippen LogP contribution in [0.5, 0.6) is 0 Å². The first kappa shape index (κ1) is 29.4. The molecule has 0 fully saturated rings. The van der Waals surface area contributed by atoms with Crippen LogP contribution in [0.2, 0.25) is 0 Å². The van der Waals surface area contributed by atoms with Crippen LogP contribution < -0.4 is 9.62 Å². The first-order valence-electron chi connectivity index (χ1n) is 12.6. The Hall–Kier alpha value is -2.87. The van der Waals surface area contributed by atoms with E-state index in [-0.39, 0.29) is 24.8 Å². The summed E-state index contributed by atoms with van der Waals surface area (Å²) in [5.74, 6) is -0.358. The van der Waals surface area contributed by atoms with E-state index in [1.807, 2.05) is 57.2 Å². The van der Waals surface area contributed by atoms with Crippen LogP contribution in [-0.2, 0) is 26.2 Å². The van der Waals surface area contributed by atoms with Crippen LogP contribution in [0.4, 0.5) is 5.69 Å². The Labute approximate surface area is 216 Å². The number of carbonyl (C=O) groups is 2. The number of carbonyl (C=O) groups excluding carboxylic acids is 2. The van der Waals surface area contributed by atoms with Gasteiger partial charge in [-0.15, -0.1) is 0 Å². The standard InChI is InChI=1S/C28H41N3O4S/c1-7-8-17-29-28(33)24(5)30(20-25-13-10-9-12-22(25)3)27(32)14-11-18-31(36(6,34)35)26-16-15-21(2)23(4)19-26/h9-10,12-13,15-16,19,24H,7-8,11,14,17-18,20H2,1-6H3,(H,29,33)/t24-/m1/s1. The number of anilines is 1. The van der Waals surface area contributed by atoms with E-state index in [2.05, 4.69) is 12.2 Å². The second-order valence-electron chi connectivity index (χ2n) is 9.48. The third kappa shape index (κ3) is 8.36. The van der Waals surface area contributed by atoms with Crippen molar-refractivity contribution in [3.63, 3.8) is 0 Å². The number of nitrogens with zero attached hydrogens (tertiary/aromatic N) is 2. The SMILES string of the molecule is CCCCNC(=O)[C@@H](C)N(Cc1ccccc1C)C(=O)CCCN(c1ccc(C)c(C)c1)S(C)(=O)=O. The summed E-state index contributed by atoms with van der Waals surface area (Å²) in [4.78, 5) is 27.8. The summed E-state index contributed by atoms with van der Waals surface area (Å²) in [6.45, 7) is 10.8. The summed E-state index contributed by atoms with van der Waals surface area (Å²) in [6.07, 6.45) is 3.50. The van der Waals surface area contributed by atoms with E-state index >= 15 is 0 Å². The Balaban J connectivity index is 2.17. The van der Waals surface area contributed by atoms with Crippen molar-refractivity contribution < 1.29 is 18.0 Å². The van der Waals surface area contributed by atoms with Crippen LogP contribution in [0.3, 0.4) is 0 Å². The summed E-state index contributed by atoms with van der Waals surface area (Å²) in [5, 5.41) is 2.92. The van der Waals surface area contributed by atoms with E-state index in [4.69, 9.17) is 0 Å². The molecule has 2 rings (SSSR count). The van der Waals surface area contributed by atoms with Crippen LogP contribution in [0.1, 0.15) is 61.8 Å². The second-order valence-corrected chi connectivity index (χ2v) is 11.4. The molecule has 1 atom stereocenters. The summed E-state index contributed by atoms with van der Waals surface area (Å²) < 4.78 is 26.4. The number of rotatable bonds is 13. The van der Waals surface area contributed by atoms with E-state index in [1.165, 1.54) is 10.6 Å². The van der Waals surface area contributed by atoms with Gasteiger partial charge in [0.1, 0.15) is 6.04 Å². The maximum atomic E-state index is 13.4. The maximum absolute atomic E-state index is 13.4. The number of sulfonamides is 1. The summed E-state index contributed by atoms with van der Waals surface area (Å²) in [7, 11) is -3.52. The molecule has 1 N–H and O–H groups in total. The van der Waals surface area contributed by atoms with E-state index in [0.717, 1.165) is 35.1 Å². The molecule has 0 saturated heterocycles. The predicted octanol–water partition coefficient (Wildman–Crippen LogP) is 4.49. The Bertz CT molecular complexity index is 1150. The van der Waals surface area contributed by atoms with Crippen molar-refractivity contribution >= 4 is 27.5 Å². The molecule has 0 aliphatic rings. The van der Waals surface area contributed by atoms with Crippen LogP contribution in [0.15, 0.2) is 42.5 Å². The van der Waals surface area contributed by atoms with E-state index in [1.54, 1.807) is 17.9 Å². The Morgan fingerprint density at radius 2 is 1.67 bits per heavy atom. The summed E-state index contributed by atoms with van der Waals surface area (Å²) in [6, 6.07) is 12.7. The van der Waals surface area contributed by atoms with Crippen molar-refractivity contribution in [1.29, 1.82) is 0 Å². The lowest BCUT2D eigenvalue weighted by Gasteiger charge is -2.30. The van der Waals surface area contributed by atoms with E-state index in [0.29, 0.717) is 25.2 Å². The fourth-order valence-electron chi connectivity index (χ4n) is 3.97. The minimum Gasteiger partial charge on any atom is -0.354 e. The first-order chi connectivity index (χ1) is 17.0. The van der Waals surface area contributed by atoms with Gasteiger partial charge in [0.25, 0.3) is 0 Å². The van der Waals surface area contributed by atoms with Crippen molar-refractivity contribution in [2.45, 2.75) is 72.9 Å². The number of hydrogen-bond acceptors (Lipinski definition) is 4. The van der Waals surface area contributed by atoms with Gasteiger partial charge in [0.15, 0.2) is 0 Å². The molecule has 36 heavy (non-hydrogen) atoms. The highest BCUT2D eigenvalue weighted by Crippen LogP contribution is 2.22. The lowest BCUT2D eigenvalue weighted by molar-refractivity contribution is -0.140. The Morgan fingerprint density at radius 1 is 0.972 bits per heavy atom. The van der Waals surface area contributed by atoms with Gasteiger partial charge in [-0.05, 0) is 74.9 Å². The van der Waals surface area contributed by atoms with Crippen LogP contribution >= 0.6 is 0 Å². The Morgan fingerprint density at radius 3 is 2.28 bits per heavy atom. The number of benzene rings is 2. The van der Waals surface area contributed by atoms with Gasteiger partial charge in [-0.1, -0.05) is 43.7 Å². The molecule has 0 saturated carbocycles. The average Bonchev–Trinajstić information content (AvgIpc) is 2.82. The zero-order chi connectivity index (χ0) is 26.9. The van der Waals surface area contributed by atoms with Crippen molar-refractivity contribution in [2.75, 3.05) is 23.7 Å². The fraction of sp³-hybridized carbons (Fsp3) is 0.500. The second kappa shape index (κ2) is 13.4. The molecule has 8 heteroatoms. The van der Waals surface area contributed by atoms with Gasteiger partial charge >= 0.3 is 0 Å². The molecule has 0 aliphatic heterocycles. The van der Waals surface area contributed by atoms with Gasteiger partial charge in [0.2, 0.25) is 21.8 Å². The summed E-state index contributed by atoms with van der Waals surface area (Å²) in [5.41, 5.74) is 4.71. The molecule has 0 aromatic heterocycles. The molecule has 0 bridgehead atoms. The first-order valence-corrected chi connectivity index (χ1v) is 14.5. The van der Waals surface area contributed by atoms with Crippen molar-refractivity contribution in [3.05, 3.63) is 64.7 Å². The minimum absolute atomic E-state index is 0.134. The van der Waals surface area contributed by atoms with Crippen molar-refractivity contribution in [3.8, 4) is 0 Å². The van der Waals surface area contributed by atoms with Crippen LogP contribution in [-0.4, -0.2) is 50.5 Å². The van der Waals surface area contributed by atoms with Gasteiger partial charge in [-0.2, -0.15) is 0 Å². The third-order valence-electron chi connectivity index (χ3n) is 6.53. The van der Waals surface area contributed by atoms with Gasteiger partial charge in [0, 0.05) is 26.1 Å². The minimum atomic E-state index is -3.52. The Kier molecular flexibility index (Phi) is 11.0. The van der Waals surface area contributed by atoms with Crippen LogP contribution in [0, 0.1) is 20.8 Å². The third-order valence-corrected chi connectivity index (χ3v) is 7.72. The molecular formula is C28H41N3O4S. The van der Waals surface area contributed by atoms with Gasteiger partial charge in [-0.3, -0.25) is 13.9 Å². The molecule has 0 unspecified atom stereocenters. The van der Waals surface area contributed by atoms with Crippen molar-refractivity contribution in [1.82, 2.24) is 10.2 Å². The van der Waals surface area contributed by atoms with Gasteiger partial charge in [0.05, 0.1) is 11.9 Å². The normalized spacial score (nSPS) is 12.2. The number of nitrogens with one attached hydrogen (secondary N) is 1. The predicted molar refractivity (Wildman–Crippen MR) is 146 cm³/mol. The lowest BCUT2D eigenvalue weighted by Crippen LogP contribution is -2.48. The highest BCUT2D eigenvalue weighted by molar-refractivity contribution is 7.92. The largest absolute Gasteiger partial charge is 0.354 e. The topological polar surface area (TPSA) is 86.8 Å². The zero-order valence-corrected chi connectivity index (χ0v) is 23.3. The lowest BCUT2D eigenvalue weighted by atomic mass is 10.1. The highest BCUT2D eigenvalue weighted by atomic mass is 32.2. The quantitative estimate of drug-likeness (QED) is 0.398. The molecule has 198 valence electrons. The van der Waals surface area contributed by atoms with Gasteiger partial charge in [-0.25, -0.2) is 8.42 Å². The smallest absolute Gasteiger partial charge is 0.242 e. The number of unbranched alkanes of at least 4 members (excludes halogenated alkanes) is 1. The molecule has 2 amide bonds. The number of hydrogen-bond donors (Lipinski definition) is 1. The molecule has 0 radical (unpaired) electrons. The zero-order valence-electron chi connectivity index (χ0n) is 22.5. The van der Waals surface area contributed by atoms with E-state index in [9.17, 15) is 18.0 Å². The molecule has 2 aromatic carbocycles. The van der Waals surface area contributed by atoms with Crippen LogP contribution in [0.25, 0.3) is 0 Å². The average molecular weight is 516 g/mol. The molecular weight excluding hydrogens is 474 g/mol. The van der Waals surface area contributed by atoms with E-state index < -0.39 is 16.1 Å². The molecule has 0 spiro atoms. The van der Waals surface area contributed by atoms with Crippen molar-refractivity contribution in [2.24, 2.45) is 0 Å². The maximum Gasteiger partial charge on any atom is 0.242 e. The summed E-state index contributed by atoms with van der Waals surface area (Å²) >= 11 is 0. The molecule has 0 aliphatic carbocycles.